The maximum atomic E-state index is 13.3. The van der Waals surface area contributed by atoms with Gasteiger partial charge in [0, 0.05) is 37.2 Å². The van der Waals surface area contributed by atoms with Crippen LogP contribution in [0.25, 0.3) is 5.69 Å². The van der Waals surface area contributed by atoms with Crippen LogP contribution in [0.1, 0.15) is 54.0 Å². The minimum Gasteiger partial charge on any atom is -0.495 e. The topological polar surface area (TPSA) is 74.4 Å². The fourth-order valence-electron chi connectivity index (χ4n) is 4.94. The zero-order chi connectivity index (χ0) is 24.9. The van der Waals surface area contributed by atoms with E-state index in [1.807, 2.05) is 48.7 Å². The van der Waals surface area contributed by atoms with Crippen molar-refractivity contribution in [1.29, 1.82) is 0 Å². The zero-order valence-corrected chi connectivity index (χ0v) is 22.1. The minimum atomic E-state index is 0.0769. The van der Waals surface area contributed by atoms with Crippen LogP contribution in [0.15, 0.2) is 35.5 Å². The molecule has 2 aromatic heterocycles. The summed E-state index contributed by atoms with van der Waals surface area (Å²) in [6, 6.07) is 10.0. The Bertz CT molecular complexity index is 1170. The van der Waals surface area contributed by atoms with Gasteiger partial charge in [0.15, 0.2) is 10.9 Å². The van der Waals surface area contributed by atoms with Crippen LogP contribution in [0.4, 0.5) is 5.95 Å². The van der Waals surface area contributed by atoms with Crippen molar-refractivity contribution in [3.05, 3.63) is 47.3 Å². The van der Waals surface area contributed by atoms with E-state index >= 15 is 0 Å². The normalized spacial score (nSPS) is 14.8. The number of ketones is 1. The third-order valence-corrected chi connectivity index (χ3v) is 7.48. The SMILES string of the molecule is COCC(C)n1c(C)cc(C(=O)CSc2nnc(N3CCCCC3)n2-c2ccccc2OC)c1C. The molecular formula is C26H35N5O3S. The number of hydrogen-bond donors (Lipinski definition) is 0. The molecule has 0 radical (unpaired) electrons. The van der Waals surface area contributed by atoms with Gasteiger partial charge in [-0.3, -0.25) is 9.36 Å². The molecular weight excluding hydrogens is 462 g/mol. The minimum absolute atomic E-state index is 0.0769. The number of Topliss-reactive ketones (excluding diaryl/α,β-unsaturated/α-hetero) is 1. The number of ether oxygens (including phenoxy) is 2. The lowest BCUT2D eigenvalue weighted by molar-refractivity contribution is 0.102. The highest BCUT2D eigenvalue weighted by molar-refractivity contribution is 7.99. The first-order chi connectivity index (χ1) is 17.0. The van der Waals surface area contributed by atoms with Crippen molar-refractivity contribution in [2.75, 3.05) is 44.6 Å². The molecule has 1 aliphatic heterocycles. The molecule has 188 valence electrons. The summed E-state index contributed by atoms with van der Waals surface area (Å²) in [6.07, 6.45) is 3.50. The Morgan fingerprint density at radius 3 is 2.57 bits per heavy atom. The molecule has 0 spiro atoms. The van der Waals surface area contributed by atoms with Crippen molar-refractivity contribution in [3.8, 4) is 11.4 Å². The number of aryl methyl sites for hydroxylation is 1. The average Bonchev–Trinajstić information content (AvgIpc) is 3.43. The van der Waals surface area contributed by atoms with E-state index in [2.05, 4.69) is 26.6 Å². The Kier molecular flexibility index (Phi) is 8.18. The molecule has 1 unspecified atom stereocenters. The third kappa shape index (κ3) is 5.26. The first kappa shape index (κ1) is 25.3. The summed E-state index contributed by atoms with van der Waals surface area (Å²) in [5, 5.41) is 9.75. The van der Waals surface area contributed by atoms with E-state index in [4.69, 9.17) is 9.47 Å². The largest absolute Gasteiger partial charge is 0.495 e. The lowest BCUT2D eigenvalue weighted by atomic mass is 10.1. The van der Waals surface area contributed by atoms with Crippen molar-refractivity contribution in [2.45, 2.75) is 51.2 Å². The van der Waals surface area contributed by atoms with Crippen molar-refractivity contribution >= 4 is 23.5 Å². The van der Waals surface area contributed by atoms with Crippen molar-refractivity contribution in [3.63, 3.8) is 0 Å². The molecule has 0 saturated carbocycles. The van der Waals surface area contributed by atoms with E-state index in [1.165, 1.54) is 18.2 Å². The fraction of sp³-hybridized carbons (Fsp3) is 0.500. The molecule has 1 aliphatic rings. The number of piperidine rings is 1. The number of rotatable bonds is 10. The van der Waals surface area contributed by atoms with Gasteiger partial charge in [-0.2, -0.15) is 0 Å². The highest BCUT2D eigenvalue weighted by Gasteiger charge is 2.25. The van der Waals surface area contributed by atoms with Gasteiger partial charge >= 0.3 is 0 Å². The summed E-state index contributed by atoms with van der Waals surface area (Å²) in [6.45, 7) is 8.63. The number of nitrogens with zero attached hydrogens (tertiary/aromatic N) is 5. The Balaban J connectivity index is 1.62. The molecule has 0 bridgehead atoms. The molecule has 1 fully saturated rings. The summed E-state index contributed by atoms with van der Waals surface area (Å²) < 4.78 is 15.2. The Morgan fingerprint density at radius 1 is 1.11 bits per heavy atom. The molecule has 9 heteroatoms. The first-order valence-corrected chi connectivity index (χ1v) is 13.1. The predicted octanol–water partition coefficient (Wildman–Crippen LogP) is 4.87. The molecule has 8 nitrogen and oxygen atoms in total. The van der Waals surface area contributed by atoms with E-state index in [0.717, 1.165) is 60.3 Å². The lowest BCUT2D eigenvalue weighted by Crippen LogP contribution is -2.31. The maximum Gasteiger partial charge on any atom is 0.232 e. The monoisotopic (exact) mass is 497 g/mol. The molecule has 4 rings (SSSR count). The van der Waals surface area contributed by atoms with E-state index < -0.39 is 0 Å². The first-order valence-electron chi connectivity index (χ1n) is 12.1. The summed E-state index contributed by atoms with van der Waals surface area (Å²) in [5.41, 5.74) is 3.66. The molecule has 1 atom stereocenters. The summed E-state index contributed by atoms with van der Waals surface area (Å²) in [5.74, 6) is 1.90. The fourth-order valence-corrected chi connectivity index (χ4v) is 5.76. The van der Waals surface area contributed by atoms with E-state index in [1.54, 1.807) is 14.2 Å². The second-order valence-electron chi connectivity index (χ2n) is 9.01. The van der Waals surface area contributed by atoms with Gasteiger partial charge in [0.2, 0.25) is 5.95 Å². The van der Waals surface area contributed by atoms with Crippen LogP contribution in [0, 0.1) is 13.8 Å². The van der Waals surface area contributed by atoms with Crippen LogP contribution < -0.4 is 9.64 Å². The lowest BCUT2D eigenvalue weighted by Gasteiger charge is -2.28. The molecule has 35 heavy (non-hydrogen) atoms. The Hall–Kier alpha value is -2.78. The Morgan fingerprint density at radius 2 is 1.86 bits per heavy atom. The number of hydrogen-bond acceptors (Lipinski definition) is 7. The number of anilines is 1. The second-order valence-corrected chi connectivity index (χ2v) is 9.95. The highest BCUT2D eigenvalue weighted by atomic mass is 32.2. The molecule has 3 heterocycles. The highest BCUT2D eigenvalue weighted by Crippen LogP contribution is 2.33. The van der Waals surface area contributed by atoms with Crippen molar-refractivity contribution < 1.29 is 14.3 Å². The van der Waals surface area contributed by atoms with Crippen LogP contribution in [-0.2, 0) is 4.74 Å². The van der Waals surface area contributed by atoms with Crippen LogP contribution in [0.2, 0.25) is 0 Å². The quantitative estimate of drug-likeness (QED) is 0.292. The molecule has 0 aliphatic carbocycles. The van der Waals surface area contributed by atoms with E-state index in [-0.39, 0.29) is 17.6 Å². The number of benzene rings is 1. The van der Waals surface area contributed by atoms with Gasteiger partial charge in [0.1, 0.15) is 5.75 Å². The number of carbonyl (C=O) groups is 1. The predicted molar refractivity (Wildman–Crippen MR) is 140 cm³/mol. The summed E-state index contributed by atoms with van der Waals surface area (Å²) in [7, 11) is 3.36. The molecule has 0 N–H and O–H groups in total. The van der Waals surface area contributed by atoms with Crippen LogP contribution >= 0.6 is 11.8 Å². The van der Waals surface area contributed by atoms with Gasteiger partial charge in [0.25, 0.3) is 0 Å². The number of aromatic nitrogens is 4. The average molecular weight is 498 g/mol. The molecule has 3 aromatic rings. The summed E-state index contributed by atoms with van der Waals surface area (Å²) in [4.78, 5) is 15.6. The van der Waals surface area contributed by atoms with Crippen molar-refractivity contribution in [2.24, 2.45) is 0 Å². The molecule has 1 saturated heterocycles. The van der Waals surface area contributed by atoms with Crippen LogP contribution in [0.3, 0.4) is 0 Å². The van der Waals surface area contributed by atoms with E-state index in [9.17, 15) is 4.79 Å². The maximum absolute atomic E-state index is 13.3. The number of para-hydroxylation sites is 2. The van der Waals surface area contributed by atoms with E-state index in [0.29, 0.717) is 11.8 Å². The van der Waals surface area contributed by atoms with Gasteiger partial charge in [-0.25, -0.2) is 0 Å². The standard InChI is InChI=1S/C26H35N5O3S/c1-18-15-21(20(3)30(18)19(2)16-33-4)23(32)17-35-26-28-27-25(29-13-9-6-10-14-29)31(26)22-11-7-8-12-24(22)34-5/h7-8,11-12,15,19H,6,9-10,13-14,16-17H2,1-5H3. The Labute approximate surface area is 211 Å². The molecule has 0 amide bonds. The third-order valence-electron chi connectivity index (χ3n) is 6.55. The second kappa shape index (κ2) is 11.3. The van der Waals surface area contributed by atoms with Gasteiger partial charge < -0.3 is 18.9 Å². The van der Waals surface area contributed by atoms with Crippen molar-refractivity contribution in [1.82, 2.24) is 19.3 Å². The number of carbonyl (C=O) groups excluding carboxylic acids is 1. The smallest absolute Gasteiger partial charge is 0.232 e. The zero-order valence-electron chi connectivity index (χ0n) is 21.3. The van der Waals surface area contributed by atoms with Crippen LogP contribution in [0.5, 0.6) is 5.75 Å². The summed E-state index contributed by atoms with van der Waals surface area (Å²) >= 11 is 1.41. The van der Waals surface area contributed by atoms with Gasteiger partial charge in [-0.1, -0.05) is 23.9 Å². The van der Waals surface area contributed by atoms with Gasteiger partial charge in [0.05, 0.1) is 31.2 Å². The molecule has 1 aromatic carbocycles. The number of methoxy groups -OCH3 is 2. The number of thioether (sulfide) groups is 1. The van der Waals surface area contributed by atoms with Gasteiger partial charge in [-0.05, 0) is 58.2 Å². The van der Waals surface area contributed by atoms with Crippen LogP contribution in [-0.4, -0.2) is 64.8 Å². The van der Waals surface area contributed by atoms with Gasteiger partial charge in [-0.15, -0.1) is 10.2 Å².